The van der Waals surface area contributed by atoms with Gasteiger partial charge in [0.2, 0.25) is 5.95 Å². The predicted octanol–water partition coefficient (Wildman–Crippen LogP) is 3.75. The Morgan fingerprint density at radius 1 is 1.12 bits per heavy atom. The minimum absolute atomic E-state index is 0.138. The molecule has 2 aromatic heterocycles. The molecule has 26 heavy (non-hydrogen) atoms. The van der Waals surface area contributed by atoms with Gasteiger partial charge in [-0.05, 0) is 38.0 Å². The third-order valence-electron chi connectivity index (χ3n) is 4.66. The number of aromatic nitrogens is 3. The fourth-order valence-corrected chi connectivity index (χ4v) is 3.40. The summed E-state index contributed by atoms with van der Waals surface area (Å²) >= 11 is 0. The van der Waals surface area contributed by atoms with E-state index in [4.69, 9.17) is 0 Å². The number of benzene rings is 1. The average molecular weight is 347 g/mol. The number of para-hydroxylation sites is 1. The summed E-state index contributed by atoms with van der Waals surface area (Å²) in [6, 6.07) is 11.8. The molecule has 0 radical (unpaired) electrons. The summed E-state index contributed by atoms with van der Waals surface area (Å²) in [4.78, 5) is 25.8. The summed E-state index contributed by atoms with van der Waals surface area (Å²) < 4.78 is 0. The molecule has 0 unspecified atom stereocenters. The molecule has 0 aliphatic heterocycles. The van der Waals surface area contributed by atoms with Crippen LogP contribution < -0.4 is 10.6 Å². The summed E-state index contributed by atoms with van der Waals surface area (Å²) in [5.41, 5.74) is 2.79. The number of nitrogens with one attached hydrogen (secondary N) is 2. The van der Waals surface area contributed by atoms with Crippen LogP contribution in [-0.2, 0) is 0 Å². The monoisotopic (exact) mass is 347 g/mol. The van der Waals surface area contributed by atoms with E-state index in [1.807, 2.05) is 37.3 Å². The molecule has 3 aromatic rings. The maximum Gasteiger partial charge on any atom is 0.270 e. The van der Waals surface area contributed by atoms with Crippen molar-refractivity contribution in [1.29, 1.82) is 0 Å². The Morgan fingerprint density at radius 3 is 2.77 bits per heavy atom. The lowest BCUT2D eigenvalue weighted by Crippen LogP contribution is -2.33. The lowest BCUT2D eigenvalue weighted by molar-refractivity contribution is 0.0932. The Morgan fingerprint density at radius 2 is 1.92 bits per heavy atom. The van der Waals surface area contributed by atoms with Crippen molar-refractivity contribution < 1.29 is 4.79 Å². The number of nitrogens with zero attached hydrogens (tertiary/aromatic N) is 3. The molecule has 4 rings (SSSR count). The molecule has 1 aromatic carbocycles. The van der Waals surface area contributed by atoms with E-state index in [9.17, 15) is 4.79 Å². The second-order valence-corrected chi connectivity index (χ2v) is 6.68. The van der Waals surface area contributed by atoms with Gasteiger partial charge in [0.25, 0.3) is 5.91 Å². The molecule has 1 aliphatic carbocycles. The van der Waals surface area contributed by atoms with Crippen LogP contribution in [-0.4, -0.2) is 26.9 Å². The van der Waals surface area contributed by atoms with Crippen molar-refractivity contribution in [3.05, 3.63) is 54.0 Å². The van der Waals surface area contributed by atoms with E-state index in [1.54, 1.807) is 12.3 Å². The first-order valence-electron chi connectivity index (χ1n) is 8.96. The summed E-state index contributed by atoms with van der Waals surface area (Å²) in [5, 5.41) is 7.32. The molecule has 0 spiro atoms. The van der Waals surface area contributed by atoms with Crippen molar-refractivity contribution in [1.82, 2.24) is 20.3 Å². The number of hydrogen-bond donors (Lipinski definition) is 2. The fraction of sp³-hybridized carbons (Fsp3) is 0.300. The number of carbonyl (C=O) groups is 1. The lowest BCUT2D eigenvalue weighted by atomic mass is 10.2. The van der Waals surface area contributed by atoms with Crippen LogP contribution in [0.1, 0.15) is 41.9 Å². The van der Waals surface area contributed by atoms with Crippen LogP contribution in [0, 0.1) is 6.92 Å². The van der Waals surface area contributed by atoms with Crippen molar-refractivity contribution >= 4 is 28.4 Å². The minimum Gasteiger partial charge on any atom is -0.348 e. The molecule has 0 bridgehead atoms. The number of rotatable bonds is 4. The number of carbonyl (C=O) groups excluding carboxylic acids is 1. The smallest absolute Gasteiger partial charge is 0.270 e. The Bertz CT molecular complexity index is 945. The number of hydrogen-bond acceptors (Lipinski definition) is 5. The molecule has 1 aliphatic rings. The number of aryl methyl sites for hydroxylation is 1. The molecule has 1 fully saturated rings. The molecule has 1 amide bonds. The van der Waals surface area contributed by atoms with Gasteiger partial charge in [-0.2, -0.15) is 0 Å². The van der Waals surface area contributed by atoms with Gasteiger partial charge in [0, 0.05) is 23.3 Å². The second kappa shape index (κ2) is 7.07. The minimum atomic E-state index is -0.138. The Hall–Kier alpha value is -3.02. The largest absolute Gasteiger partial charge is 0.348 e. The van der Waals surface area contributed by atoms with Gasteiger partial charge in [0.05, 0.1) is 11.2 Å². The summed E-state index contributed by atoms with van der Waals surface area (Å²) in [5.74, 6) is 0.265. The van der Waals surface area contributed by atoms with Crippen LogP contribution >= 0.6 is 0 Å². The quantitative estimate of drug-likeness (QED) is 0.751. The van der Waals surface area contributed by atoms with E-state index in [1.165, 1.54) is 12.8 Å². The standard InChI is InChI=1S/C20H21N5O/c1-13-12-17(19(26)23-15-8-2-3-9-15)25-20(22-13)24-16-10-4-6-14-7-5-11-21-18(14)16/h4-7,10-12,15H,2-3,8-9H2,1H3,(H,23,26)(H,22,24,25). The molecular formula is C20H21N5O. The van der Waals surface area contributed by atoms with Crippen molar-refractivity contribution in [2.75, 3.05) is 5.32 Å². The zero-order chi connectivity index (χ0) is 17.9. The summed E-state index contributed by atoms with van der Waals surface area (Å²) in [6.45, 7) is 1.86. The Balaban J connectivity index is 1.60. The van der Waals surface area contributed by atoms with Gasteiger partial charge >= 0.3 is 0 Å². The summed E-state index contributed by atoms with van der Waals surface area (Å²) in [6.07, 6.45) is 6.19. The van der Waals surface area contributed by atoms with E-state index in [0.717, 1.165) is 35.1 Å². The maximum absolute atomic E-state index is 12.5. The molecule has 2 heterocycles. The first-order chi connectivity index (χ1) is 12.7. The average Bonchev–Trinajstić information content (AvgIpc) is 3.14. The Kier molecular flexibility index (Phi) is 4.48. The van der Waals surface area contributed by atoms with Gasteiger partial charge in [0.1, 0.15) is 5.69 Å². The third kappa shape index (κ3) is 3.49. The third-order valence-corrected chi connectivity index (χ3v) is 4.66. The summed E-state index contributed by atoms with van der Waals surface area (Å²) in [7, 11) is 0. The predicted molar refractivity (Wildman–Crippen MR) is 102 cm³/mol. The SMILES string of the molecule is Cc1cc(C(=O)NC2CCCC2)nc(Nc2cccc3cccnc23)n1. The van der Waals surface area contributed by atoms with Gasteiger partial charge in [-0.25, -0.2) is 9.97 Å². The van der Waals surface area contributed by atoms with Gasteiger partial charge in [-0.15, -0.1) is 0 Å². The Labute approximate surface area is 152 Å². The normalized spacial score (nSPS) is 14.5. The topological polar surface area (TPSA) is 79.8 Å². The molecule has 2 N–H and O–H groups in total. The number of amides is 1. The highest BCUT2D eigenvalue weighted by Crippen LogP contribution is 2.23. The molecule has 0 saturated heterocycles. The second-order valence-electron chi connectivity index (χ2n) is 6.68. The number of anilines is 2. The first-order valence-corrected chi connectivity index (χ1v) is 8.96. The van der Waals surface area contributed by atoms with Crippen LogP contribution in [0.4, 0.5) is 11.6 Å². The van der Waals surface area contributed by atoms with Crippen molar-refractivity contribution in [2.24, 2.45) is 0 Å². The van der Waals surface area contributed by atoms with E-state index < -0.39 is 0 Å². The highest BCUT2D eigenvalue weighted by atomic mass is 16.1. The molecular weight excluding hydrogens is 326 g/mol. The van der Waals surface area contributed by atoms with Crippen LogP contribution in [0.25, 0.3) is 10.9 Å². The molecule has 1 saturated carbocycles. The van der Waals surface area contributed by atoms with E-state index in [-0.39, 0.29) is 11.9 Å². The number of fused-ring (bicyclic) bond motifs is 1. The maximum atomic E-state index is 12.5. The first kappa shape index (κ1) is 16.4. The molecule has 6 heteroatoms. The van der Waals surface area contributed by atoms with Gasteiger partial charge in [-0.1, -0.05) is 31.0 Å². The lowest BCUT2D eigenvalue weighted by Gasteiger charge is -2.13. The zero-order valence-electron chi connectivity index (χ0n) is 14.7. The van der Waals surface area contributed by atoms with E-state index in [0.29, 0.717) is 11.6 Å². The van der Waals surface area contributed by atoms with Gasteiger partial charge in [0.15, 0.2) is 0 Å². The van der Waals surface area contributed by atoms with Crippen LogP contribution in [0.15, 0.2) is 42.6 Å². The molecule has 0 atom stereocenters. The van der Waals surface area contributed by atoms with Gasteiger partial charge < -0.3 is 10.6 Å². The van der Waals surface area contributed by atoms with Crippen molar-refractivity contribution in [2.45, 2.75) is 38.6 Å². The molecule has 132 valence electrons. The van der Waals surface area contributed by atoms with Crippen LogP contribution in [0.5, 0.6) is 0 Å². The van der Waals surface area contributed by atoms with Crippen molar-refractivity contribution in [3.63, 3.8) is 0 Å². The van der Waals surface area contributed by atoms with E-state index in [2.05, 4.69) is 25.6 Å². The van der Waals surface area contributed by atoms with E-state index >= 15 is 0 Å². The van der Waals surface area contributed by atoms with Gasteiger partial charge in [-0.3, -0.25) is 9.78 Å². The highest BCUT2D eigenvalue weighted by molar-refractivity contribution is 5.94. The number of pyridine rings is 1. The van der Waals surface area contributed by atoms with Crippen molar-refractivity contribution in [3.8, 4) is 0 Å². The molecule has 6 nitrogen and oxygen atoms in total. The van der Waals surface area contributed by atoms with Crippen LogP contribution in [0.3, 0.4) is 0 Å². The van der Waals surface area contributed by atoms with Crippen LogP contribution in [0.2, 0.25) is 0 Å². The highest BCUT2D eigenvalue weighted by Gasteiger charge is 2.19. The zero-order valence-corrected chi connectivity index (χ0v) is 14.7. The fourth-order valence-electron chi connectivity index (χ4n) is 3.40.